The third-order valence-electron chi connectivity index (χ3n) is 3.78. The number of nitrogens with zero attached hydrogens (tertiary/aromatic N) is 1. The number of amides is 1. The van der Waals surface area contributed by atoms with Crippen molar-refractivity contribution >= 4 is 38.0 Å². The minimum Gasteiger partial charge on any atom is -0.466 e. The lowest BCUT2D eigenvalue weighted by Gasteiger charge is -2.25. The Balaban J connectivity index is 2.12. The number of benzene rings is 1. The molecule has 1 saturated heterocycles. The van der Waals surface area contributed by atoms with Crippen LogP contribution in [0.15, 0.2) is 29.2 Å². The number of ether oxygens (including phenoxy) is 2. The van der Waals surface area contributed by atoms with Crippen molar-refractivity contribution in [2.24, 2.45) is 0 Å². The van der Waals surface area contributed by atoms with E-state index in [9.17, 15) is 18.0 Å². The first kappa shape index (κ1) is 19.7. The van der Waals surface area contributed by atoms with Crippen LogP contribution in [0.2, 0.25) is 0 Å². The molecule has 1 aromatic rings. The van der Waals surface area contributed by atoms with Crippen LogP contribution >= 0.6 is 15.9 Å². The largest absolute Gasteiger partial charge is 0.466 e. The standard InChI is InChI=1S/C16H20BrNO6S/c1-11-5-7-13(8-6-11)25(21,22)18-15(10-24-16(18)20)14(17)4-3-9-23-12(2)19/h5-8,14-15H,3-4,9-10H2,1-2H3. The second-order valence-corrected chi connectivity index (χ2v) is 8.75. The number of hydrogen-bond acceptors (Lipinski definition) is 6. The molecule has 9 heteroatoms. The average Bonchev–Trinajstić information content (AvgIpc) is 2.94. The van der Waals surface area contributed by atoms with Crippen LogP contribution in [-0.4, -0.2) is 48.9 Å². The zero-order valence-electron chi connectivity index (χ0n) is 14.0. The summed E-state index contributed by atoms with van der Waals surface area (Å²) in [6.45, 7) is 3.39. The molecule has 0 aliphatic carbocycles. The van der Waals surface area contributed by atoms with Crippen molar-refractivity contribution in [2.45, 2.75) is 42.5 Å². The second-order valence-electron chi connectivity index (χ2n) is 5.76. The zero-order chi connectivity index (χ0) is 18.6. The van der Waals surface area contributed by atoms with Gasteiger partial charge < -0.3 is 9.47 Å². The van der Waals surface area contributed by atoms with E-state index in [-0.39, 0.29) is 28.9 Å². The van der Waals surface area contributed by atoms with E-state index < -0.39 is 22.2 Å². The molecule has 7 nitrogen and oxygen atoms in total. The van der Waals surface area contributed by atoms with Gasteiger partial charge in [0.25, 0.3) is 10.0 Å². The number of hydrogen-bond donors (Lipinski definition) is 0. The third-order valence-corrected chi connectivity index (χ3v) is 6.66. The number of halogens is 1. The molecule has 138 valence electrons. The molecule has 0 radical (unpaired) electrons. The maximum absolute atomic E-state index is 12.8. The maximum atomic E-state index is 12.8. The monoisotopic (exact) mass is 433 g/mol. The van der Waals surface area contributed by atoms with Crippen molar-refractivity contribution in [3.8, 4) is 0 Å². The van der Waals surface area contributed by atoms with Gasteiger partial charge in [0.05, 0.1) is 17.5 Å². The van der Waals surface area contributed by atoms with Crippen molar-refractivity contribution in [1.82, 2.24) is 4.31 Å². The SMILES string of the molecule is CC(=O)OCCCC(Br)C1COC(=O)N1S(=O)(=O)c1ccc(C)cc1. The zero-order valence-corrected chi connectivity index (χ0v) is 16.4. The van der Waals surface area contributed by atoms with E-state index in [0.717, 1.165) is 9.87 Å². The van der Waals surface area contributed by atoms with Crippen molar-refractivity contribution in [3.63, 3.8) is 0 Å². The van der Waals surface area contributed by atoms with Crippen LogP contribution in [-0.2, 0) is 24.3 Å². The van der Waals surface area contributed by atoms with E-state index >= 15 is 0 Å². The molecule has 0 bridgehead atoms. The van der Waals surface area contributed by atoms with Gasteiger partial charge in [-0.3, -0.25) is 4.79 Å². The van der Waals surface area contributed by atoms with E-state index in [1.54, 1.807) is 12.1 Å². The van der Waals surface area contributed by atoms with Crippen molar-refractivity contribution in [1.29, 1.82) is 0 Å². The quantitative estimate of drug-likeness (QED) is 0.372. The Hall–Kier alpha value is -1.61. The molecule has 0 N–H and O–H groups in total. The fourth-order valence-electron chi connectivity index (χ4n) is 2.46. The van der Waals surface area contributed by atoms with Gasteiger partial charge in [-0.15, -0.1) is 0 Å². The summed E-state index contributed by atoms with van der Waals surface area (Å²) < 4.78 is 36.3. The van der Waals surface area contributed by atoms with Gasteiger partial charge in [-0.2, -0.15) is 4.31 Å². The maximum Gasteiger partial charge on any atom is 0.424 e. The number of cyclic esters (lactones) is 1. The molecular formula is C16H20BrNO6S. The molecule has 2 unspecified atom stereocenters. The summed E-state index contributed by atoms with van der Waals surface area (Å²) in [6.07, 6.45) is 0.183. The molecule has 1 heterocycles. The summed E-state index contributed by atoms with van der Waals surface area (Å²) in [5.74, 6) is -0.367. The highest BCUT2D eigenvalue weighted by molar-refractivity contribution is 9.09. The second kappa shape index (κ2) is 8.18. The highest BCUT2D eigenvalue weighted by atomic mass is 79.9. The van der Waals surface area contributed by atoms with E-state index in [1.807, 2.05) is 6.92 Å². The predicted molar refractivity (Wildman–Crippen MR) is 93.9 cm³/mol. The van der Waals surface area contributed by atoms with Gasteiger partial charge in [-0.1, -0.05) is 33.6 Å². The smallest absolute Gasteiger partial charge is 0.424 e. The average molecular weight is 434 g/mol. The highest BCUT2D eigenvalue weighted by Crippen LogP contribution is 2.29. The molecule has 1 aromatic carbocycles. The Labute approximate surface area is 155 Å². The first-order valence-corrected chi connectivity index (χ1v) is 10.1. The minimum atomic E-state index is -4.00. The van der Waals surface area contributed by atoms with Crippen LogP contribution in [0.5, 0.6) is 0 Å². The molecule has 0 saturated carbocycles. The van der Waals surface area contributed by atoms with Gasteiger partial charge in [0.15, 0.2) is 0 Å². The lowest BCUT2D eigenvalue weighted by molar-refractivity contribution is -0.141. The van der Waals surface area contributed by atoms with E-state index in [4.69, 9.17) is 9.47 Å². The number of aryl methyl sites for hydroxylation is 1. The van der Waals surface area contributed by atoms with Gasteiger partial charge in [-0.25, -0.2) is 13.2 Å². The van der Waals surface area contributed by atoms with Gasteiger partial charge in [0, 0.05) is 11.8 Å². The van der Waals surface area contributed by atoms with Gasteiger partial charge >= 0.3 is 12.1 Å². The normalized spacial score (nSPS) is 18.8. The topological polar surface area (TPSA) is 90.0 Å². The number of esters is 1. The van der Waals surface area contributed by atoms with Crippen LogP contribution in [0.4, 0.5) is 4.79 Å². The van der Waals surface area contributed by atoms with Crippen molar-refractivity contribution < 1.29 is 27.5 Å². The molecule has 1 aliphatic heterocycles. The Kier molecular flexibility index (Phi) is 6.45. The summed E-state index contributed by atoms with van der Waals surface area (Å²) in [6, 6.07) is 5.63. The van der Waals surface area contributed by atoms with E-state index in [2.05, 4.69) is 15.9 Å². The molecule has 0 spiro atoms. The Morgan fingerprint density at radius 2 is 2.04 bits per heavy atom. The number of sulfonamides is 1. The minimum absolute atomic E-state index is 0.0204. The number of carbonyl (C=O) groups is 2. The molecule has 25 heavy (non-hydrogen) atoms. The van der Waals surface area contributed by atoms with Crippen LogP contribution in [0.1, 0.15) is 25.3 Å². The molecular weight excluding hydrogens is 414 g/mol. The summed E-state index contributed by atoms with van der Waals surface area (Å²) >= 11 is 3.44. The first-order chi connectivity index (χ1) is 11.7. The van der Waals surface area contributed by atoms with Crippen LogP contribution < -0.4 is 0 Å². The molecule has 1 amide bonds. The Morgan fingerprint density at radius 1 is 1.40 bits per heavy atom. The summed E-state index contributed by atoms with van der Waals surface area (Å²) in [5.41, 5.74) is 0.920. The number of carbonyl (C=O) groups excluding carboxylic acids is 2. The lowest BCUT2D eigenvalue weighted by Crippen LogP contribution is -2.43. The van der Waals surface area contributed by atoms with Crippen LogP contribution in [0.25, 0.3) is 0 Å². The van der Waals surface area contributed by atoms with Crippen molar-refractivity contribution in [3.05, 3.63) is 29.8 Å². The number of alkyl halides is 1. The third kappa shape index (κ3) is 4.72. The Bertz CT molecular complexity index is 733. The first-order valence-electron chi connectivity index (χ1n) is 7.79. The summed E-state index contributed by atoms with van der Waals surface area (Å²) in [7, 11) is -4.00. The molecule has 2 atom stereocenters. The van der Waals surface area contributed by atoms with Gasteiger partial charge in [0.2, 0.25) is 0 Å². The van der Waals surface area contributed by atoms with Crippen molar-refractivity contribution in [2.75, 3.05) is 13.2 Å². The summed E-state index contributed by atoms with van der Waals surface area (Å²) in [5, 5.41) is 0. The lowest BCUT2D eigenvalue weighted by atomic mass is 10.1. The fraction of sp³-hybridized carbons (Fsp3) is 0.500. The molecule has 1 aliphatic rings. The summed E-state index contributed by atoms with van der Waals surface area (Å²) in [4.78, 5) is 22.5. The fourth-order valence-corrected chi connectivity index (χ4v) is 4.85. The molecule has 1 fully saturated rings. The van der Waals surface area contributed by atoms with E-state index in [0.29, 0.717) is 12.8 Å². The highest BCUT2D eigenvalue weighted by Gasteiger charge is 2.45. The predicted octanol–water partition coefficient (Wildman–Crippen LogP) is 2.61. The van der Waals surface area contributed by atoms with Gasteiger partial charge in [-0.05, 0) is 31.9 Å². The van der Waals surface area contributed by atoms with Crippen LogP contribution in [0.3, 0.4) is 0 Å². The molecule has 0 aromatic heterocycles. The molecule has 2 rings (SSSR count). The van der Waals surface area contributed by atoms with E-state index in [1.165, 1.54) is 19.1 Å². The Morgan fingerprint density at radius 3 is 2.64 bits per heavy atom. The number of rotatable bonds is 7. The van der Waals surface area contributed by atoms with Gasteiger partial charge in [0.1, 0.15) is 6.61 Å². The van der Waals surface area contributed by atoms with Crippen LogP contribution in [0, 0.1) is 6.92 Å².